The molecule has 4 heterocycles. The van der Waals surface area contributed by atoms with Crippen LogP contribution in [-0.2, 0) is 28.8 Å². The van der Waals surface area contributed by atoms with E-state index in [2.05, 4.69) is 58.5 Å². The molecule has 2 fully saturated rings. The molecule has 1 aromatic carbocycles. The van der Waals surface area contributed by atoms with Crippen LogP contribution in [0.3, 0.4) is 0 Å². The van der Waals surface area contributed by atoms with Gasteiger partial charge in [-0.05, 0) is 43.9 Å². The Balaban J connectivity index is 1.27. The van der Waals surface area contributed by atoms with Crippen LogP contribution in [0.1, 0.15) is 36.6 Å². The molecule has 3 atom stereocenters. The maximum Gasteiger partial charge on any atom is 0.318 e. The quantitative estimate of drug-likeness (QED) is 0.443. The number of nitriles is 1. The third-order valence-corrected chi connectivity index (χ3v) is 9.17. The van der Waals surface area contributed by atoms with Gasteiger partial charge in [0.15, 0.2) is 0 Å². The molecule has 1 aromatic heterocycles. The van der Waals surface area contributed by atoms with Crippen molar-refractivity contribution in [2.75, 3.05) is 68.9 Å². The van der Waals surface area contributed by atoms with Gasteiger partial charge >= 0.3 is 6.01 Å². The summed E-state index contributed by atoms with van der Waals surface area (Å²) in [5, 5.41) is 9.52. The van der Waals surface area contributed by atoms with Crippen LogP contribution in [0, 0.1) is 11.3 Å². The zero-order valence-electron chi connectivity index (χ0n) is 24.6. The molecule has 0 bridgehead atoms. The highest BCUT2D eigenvalue weighted by atomic mass is 16.5. The van der Waals surface area contributed by atoms with Crippen molar-refractivity contribution in [2.45, 2.75) is 57.2 Å². The summed E-state index contributed by atoms with van der Waals surface area (Å²) in [4.78, 5) is 31.5. The van der Waals surface area contributed by atoms with E-state index in [9.17, 15) is 10.1 Å². The number of carbonyl (C=O) groups excluding carboxylic acids is 1. The number of anilines is 2. The van der Waals surface area contributed by atoms with E-state index in [1.807, 2.05) is 0 Å². The lowest BCUT2D eigenvalue weighted by molar-refractivity contribution is -0.128. The second-order valence-electron chi connectivity index (χ2n) is 11.7. The maximum atomic E-state index is 12.5. The second kappa shape index (κ2) is 12.7. The second-order valence-corrected chi connectivity index (χ2v) is 11.7. The highest BCUT2D eigenvalue weighted by Gasteiger charge is 2.37. The number of hydrogen-bond acceptors (Lipinski definition) is 9. The summed E-state index contributed by atoms with van der Waals surface area (Å²) in [6, 6.07) is 12.0. The minimum absolute atomic E-state index is 0.130. The average molecular weight is 572 g/mol. The first-order valence-electron chi connectivity index (χ1n) is 15.3. The predicted octanol–water partition coefficient (Wildman–Crippen LogP) is 2.61. The van der Waals surface area contributed by atoms with E-state index in [4.69, 9.17) is 19.4 Å². The van der Waals surface area contributed by atoms with Crippen molar-refractivity contribution in [3.05, 3.63) is 53.7 Å². The molecule has 1 aliphatic carbocycles. The van der Waals surface area contributed by atoms with Crippen LogP contribution < -0.4 is 14.5 Å². The average Bonchev–Trinajstić information content (AvgIpc) is 3.36. The number of aromatic nitrogens is 2. The van der Waals surface area contributed by atoms with Crippen LogP contribution in [-0.4, -0.2) is 103 Å². The van der Waals surface area contributed by atoms with E-state index in [-0.39, 0.29) is 18.4 Å². The van der Waals surface area contributed by atoms with E-state index >= 15 is 0 Å². The Morgan fingerprint density at radius 2 is 2.02 bits per heavy atom. The Morgan fingerprint density at radius 1 is 1.19 bits per heavy atom. The van der Waals surface area contributed by atoms with E-state index < -0.39 is 0 Å². The van der Waals surface area contributed by atoms with Crippen LogP contribution >= 0.6 is 0 Å². The van der Waals surface area contributed by atoms with Crippen LogP contribution in [0.15, 0.2) is 36.9 Å². The van der Waals surface area contributed by atoms with Crippen molar-refractivity contribution in [3.63, 3.8) is 0 Å². The normalized spacial score (nSPS) is 24.1. The fraction of sp³-hybridized carbons (Fsp3) is 0.562. The summed E-state index contributed by atoms with van der Waals surface area (Å²) in [5.74, 6) is 0.762. The summed E-state index contributed by atoms with van der Waals surface area (Å²) in [6.07, 6.45) is 5.41. The van der Waals surface area contributed by atoms with Gasteiger partial charge in [0.2, 0.25) is 5.91 Å². The van der Waals surface area contributed by atoms with E-state index in [0.717, 1.165) is 70.0 Å². The fourth-order valence-corrected chi connectivity index (χ4v) is 7.09. The summed E-state index contributed by atoms with van der Waals surface area (Å²) in [6.45, 7) is 12.3. The third-order valence-electron chi connectivity index (χ3n) is 9.17. The van der Waals surface area contributed by atoms with Gasteiger partial charge in [-0.2, -0.15) is 15.2 Å². The number of para-hydroxylation sites is 1. The lowest BCUT2D eigenvalue weighted by atomic mass is 9.90. The topological polar surface area (TPSA) is 98.1 Å². The zero-order chi connectivity index (χ0) is 29.1. The van der Waals surface area contributed by atoms with Gasteiger partial charge in [-0.3, -0.25) is 9.69 Å². The van der Waals surface area contributed by atoms with Crippen molar-refractivity contribution in [2.24, 2.45) is 0 Å². The van der Waals surface area contributed by atoms with Crippen LogP contribution in [0.5, 0.6) is 6.01 Å². The van der Waals surface area contributed by atoms with E-state index in [0.29, 0.717) is 44.3 Å². The highest BCUT2D eigenvalue weighted by Crippen LogP contribution is 2.39. The number of amides is 1. The maximum absolute atomic E-state index is 12.5. The van der Waals surface area contributed by atoms with Crippen LogP contribution in [0.25, 0.3) is 0 Å². The van der Waals surface area contributed by atoms with Crippen LogP contribution in [0.4, 0.5) is 11.5 Å². The fourth-order valence-electron chi connectivity index (χ4n) is 7.09. The number of hydrogen-bond donors (Lipinski definition) is 0. The molecule has 4 aliphatic rings. The van der Waals surface area contributed by atoms with Crippen molar-refractivity contribution >= 4 is 17.4 Å². The van der Waals surface area contributed by atoms with Crippen molar-refractivity contribution in [1.29, 1.82) is 5.26 Å². The van der Waals surface area contributed by atoms with Gasteiger partial charge in [0.05, 0.1) is 37.4 Å². The number of morpholine rings is 1. The van der Waals surface area contributed by atoms with E-state index in [1.165, 1.54) is 22.9 Å². The zero-order valence-corrected chi connectivity index (χ0v) is 24.6. The van der Waals surface area contributed by atoms with Gasteiger partial charge in [-0.1, -0.05) is 24.8 Å². The van der Waals surface area contributed by atoms with Crippen molar-refractivity contribution in [3.8, 4) is 12.1 Å². The molecule has 0 radical (unpaired) electrons. The summed E-state index contributed by atoms with van der Waals surface area (Å²) < 4.78 is 11.7. The Morgan fingerprint density at radius 3 is 2.83 bits per heavy atom. The molecule has 6 rings (SSSR count). The SMILES string of the molecule is C=CC(=O)N1CCN(c2nc(OCCN3CCOCC3)nc3c2CC[C@H](N2c4ccccc4CC2C)C3)C[C@@H]1CC#N. The first-order valence-corrected chi connectivity index (χ1v) is 15.3. The van der Waals surface area contributed by atoms with Gasteiger partial charge < -0.3 is 24.2 Å². The third kappa shape index (κ3) is 5.81. The molecule has 42 heavy (non-hydrogen) atoms. The molecular formula is C32H41N7O3. The Bertz CT molecular complexity index is 1340. The number of ether oxygens (including phenoxy) is 2. The Hall–Kier alpha value is -3.68. The molecule has 0 saturated carbocycles. The van der Waals surface area contributed by atoms with Crippen LogP contribution in [0.2, 0.25) is 0 Å². The van der Waals surface area contributed by atoms with Gasteiger partial charge in [0.25, 0.3) is 0 Å². The van der Waals surface area contributed by atoms with Gasteiger partial charge in [0, 0.05) is 69.0 Å². The van der Waals surface area contributed by atoms with Crippen molar-refractivity contribution < 1.29 is 14.3 Å². The molecule has 2 aromatic rings. The van der Waals surface area contributed by atoms with Gasteiger partial charge in [-0.25, -0.2) is 0 Å². The molecule has 1 unspecified atom stereocenters. The smallest absolute Gasteiger partial charge is 0.318 e. The van der Waals surface area contributed by atoms with E-state index in [1.54, 1.807) is 4.90 Å². The molecule has 1 amide bonds. The monoisotopic (exact) mass is 571 g/mol. The molecule has 2 saturated heterocycles. The molecule has 10 heteroatoms. The summed E-state index contributed by atoms with van der Waals surface area (Å²) >= 11 is 0. The Kier molecular flexibility index (Phi) is 8.58. The molecule has 222 valence electrons. The lowest BCUT2D eigenvalue weighted by Gasteiger charge is -2.42. The predicted molar refractivity (Wildman–Crippen MR) is 161 cm³/mol. The van der Waals surface area contributed by atoms with Gasteiger partial charge in [-0.15, -0.1) is 0 Å². The molecular weight excluding hydrogens is 530 g/mol. The molecule has 0 N–H and O–H groups in total. The summed E-state index contributed by atoms with van der Waals surface area (Å²) in [7, 11) is 0. The number of carbonyl (C=O) groups is 1. The molecule has 3 aliphatic heterocycles. The minimum Gasteiger partial charge on any atom is -0.462 e. The molecule has 10 nitrogen and oxygen atoms in total. The van der Waals surface area contributed by atoms with Crippen molar-refractivity contribution in [1.82, 2.24) is 19.8 Å². The number of fused-ring (bicyclic) bond motifs is 2. The molecule has 0 spiro atoms. The highest BCUT2D eigenvalue weighted by molar-refractivity contribution is 5.87. The summed E-state index contributed by atoms with van der Waals surface area (Å²) in [5.41, 5.74) is 4.99. The number of benzene rings is 1. The number of piperazine rings is 1. The largest absolute Gasteiger partial charge is 0.462 e. The lowest BCUT2D eigenvalue weighted by Crippen LogP contribution is -2.55. The number of nitrogens with zero attached hydrogens (tertiary/aromatic N) is 7. The minimum atomic E-state index is -0.219. The number of rotatable bonds is 8. The Labute approximate surface area is 248 Å². The van der Waals surface area contributed by atoms with Gasteiger partial charge in [0.1, 0.15) is 12.4 Å². The standard InChI is InChI=1S/C32H41N7O3/c1-3-30(40)38-13-12-37(22-26(38)10-11-33)31-27-9-8-25(39-23(2)20-24-6-4-5-7-29(24)39)21-28(27)34-32(35-31)42-19-16-36-14-17-41-18-15-36/h3-7,23,25-26H,1,8-10,12-22H2,2H3/t23?,25-,26-/m0/s1. The first-order chi connectivity index (χ1) is 20.6. The first kappa shape index (κ1) is 28.4.